The minimum atomic E-state index is 0.813. The second-order valence-electron chi connectivity index (χ2n) is 5.42. The van der Waals surface area contributed by atoms with E-state index in [1.165, 1.54) is 57.9 Å². The van der Waals surface area contributed by atoms with Crippen molar-refractivity contribution in [1.29, 1.82) is 0 Å². The summed E-state index contributed by atoms with van der Waals surface area (Å²) in [5, 5.41) is 0. The van der Waals surface area contributed by atoms with Crippen LogP contribution in [0.15, 0.2) is 0 Å². The molecule has 0 aromatic carbocycles. The average Bonchev–Trinajstić information content (AvgIpc) is 2.26. The summed E-state index contributed by atoms with van der Waals surface area (Å²) in [6.45, 7) is 6.96. The summed E-state index contributed by atoms with van der Waals surface area (Å²) in [5.74, 6) is 0. The van der Waals surface area contributed by atoms with Crippen molar-refractivity contribution < 1.29 is 0 Å². The molecule has 1 fully saturated rings. The molecule has 0 saturated carbocycles. The predicted molar refractivity (Wildman–Crippen MR) is 71.6 cm³/mol. The van der Waals surface area contributed by atoms with Crippen LogP contribution in [0.3, 0.4) is 0 Å². The number of nitrogens with two attached hydrogens (primary N) is 1. The monoisotopic (exact) mass is 226 g/mol. The second kappa shape index (κ2) is 8.08. The van der Waals surface area contributed by atoms with Crippen LogP contribution in [0.1, 0.15) is 65.2 Å². The SMILES string of the molecule is CC1CCCC(C)N1CCCCCCCN. The van der Waals surface area contributed by atoms with Gasteiger partial charge in [0.1, 0.15) is 0 Å². The standard InChI is InChI=1S/C14H30N2/c1-13-9-8-10-14(2)16(13)12-7-5-3-4-6-11-15/h13-14H,3-12,15H2,1-2H3. The third kappa shape index (κ3) is 4.84. The Morgan fingerprint density at radius 2 is 1.50 bits per heavy atom. The molecule has 96 valence electrons. The van der Waals surface area contributed by atoms with Gasteiger partial charge in [0.15, 0.2) is 0 Å². The van der Waals surface area contributed by atoms with E-state index in [4.69, 9.17) is 5.73 Å². The zero-order chi connectivity index (χ0) is 11.8. The molecule has 0 aromatic rings. The molecule has 1 saturated heterocycles. The van der Waals surface area contributed by atoms with E-state index in [0.29, 0.717) is 0 Å². The lowest BCUT2D eigenvalue weighted by molar-refractivity contribution is 0.101. The first-order chi connectivity index (χ1) is 7.75. The van der Waals surface area contributed by atoms with Crippen molar-refractivity contribution in [3.05, 3.63) is 0 Å². The molecule has 0 aromatic heterocycles. The summed E-state index contributed by atoms with van der Waals surface area (Å²) >= 11 is 0. The fraction of sp³-hybridized carbons (Fsp3) is 1.00. The number of hydrogen-bond donors (Lipinski definition) is 1. The zero-order valence-corrected chi connectivity index (χ0v) is 11.3. The maximum Gasteiger partial charge on any atom is 0.00697 e. The van der Waals surface area contributed by atoms with Crippen molar-refractivity contribution in [3.8, 4) is 0 Å². The molecule has 0 bridgehead atoms. The van der Waals surface area contributed by atoms with Gasteiger partial charge >= 0.3 is 0 Å². The van der Waals surface area contributed by atoms with Gasteiger partial charge in [-0.3, -0.25) is 4.90 Å². The molecule has 0 aliphatic carbocycles. The van der Waals surface area contributed by atoms with E-state index in [1.807, 2.05) is 0 Å². The summed E-state index contributed by atoms with van der Waals surface area (Å²) in [6, 6.07) is 1.63. The number of piperidine rings is 1. The summed E-state index contributed by atoms with van der Waals surface area (Å²) in [5.41, 5.74) is 5.49. The van der Waals surface area contributed by atoms with Crippen molar-refractivity contribution in [1.82, 2.24) is 4.90 Å². The van der Waals surface area contributed by atoms with Gasteiger partial charge in [0.2, 0.25) is 0 Å². The van der Waals surface area contributed by atoms with Crippen LogP contribution in [-0.2, 0) is 0 Å². The van der Waals surface area contributed by atoms with Gasteiger partial charge in [-0.15, -0.1) is 0 Å². The summed E-state index contributed by atoms with van der Waals surface area (Å²) in [4.78, 5) is 2.71. The maximum absolute atomic E-state index is 5.49. The predicted octanol–water partition coefficient (Wildman–Crippen LogP) is 3.16. The van der Waals surface area contributed by atoms with Crippen molar-refractivity contribution in [2.45, 2.75) is 77.3 Å². The summed E-state index contributed by atoms with van der Waals surface area (Å²) < 4.78 is 0. The molecule has 2 N–H and O–H groups in total. The van der Waals surface area contributed by atoms with Crippen LogP contribution in [0.5, 0.6) is 0 Å². The highest BCUT2D eigenvalue weighted by Gasteiger charge is 2.23. The fourth-order valence-electron chi connectivity index (χ4n) is 2.88. The lowest BCUT2D eigenvalue weighted by Crippen LogP contribution is -2.44. The van der Waals surface area contributed by atoms with E-state index in [-0.39, 0.29) is 0 Å². The van der Waals surface area contributed by atoms with Gasteiger partial charge in [0.25, 0.3) is 0 Å². The normalized spacial score (nSPS) is 27.2. The van der Waals surface area contributed by atoms with Crippen LogP contribution in [-0.4, -0.2) is 30.1 Å². The number of likely N-dealkylation sites (tertiary alicyclic amines) is 1. The first kappa shape index (κ1) is 14.0. The molecule has 0 spiro atoms. The highest BCUT2D eigenvalue weighted by atomic mass is 15.2. The Labute approximate surface area is 102 Å². The van der Waals surface area contributed by atoms with Crippen LogP contribution in [0.4, 0.5) is 0 Å². The Morgan fingerprint density at radius 1 is 0.938 bits per heavy atom. The van der Waals surface area contributed by atoms with E-state index in [0.717, 1.165) is 18.6 Å². The van der Waals surface area contributed by atoms with Gasteiger partial charge in [-0.1, -0.05) is 25.7 Å². The van der Waals surface area contributed by atoms with Crippen LogP contribution in [0.2, 0.25) is 0 Å². The minimum absolute atomic E-state index is 0.813. The molecular weight excluding hydrogens is 196 g/mol. The molecule has 0 amide bonds. The van der Waals surface area contributed by atoms with Gasteiger partial charge in [0.05, 0.1) is 0 Å². The Balaban J connectivity index is 2.06. The molecule has 1 aliphatic rings. The molecule has 2 atom stereocenters. The van der Waals surface area contributed by atoms with Gasteiger partial charge in [-0.2, -0.15) is 0 Å². The molecular formula is C14H30N2. The maximum atomic E-state index is 5.49. The van der Waals surface area contributed by atoms with Crippen molar-refractivity contribution in [2.75, 3.05) is 13.1 Å². The third-order valence-corrected chi connectivity index (χ3v) is 4.00. The smallest absolute Gasteiger partial charge is 0.00697 e. The van der Waals surface area contributed by atoms with E-state index < -0.39 is 0 Å². The Bertz CT molecular complexity index is 160. The Kier molecular flexibility index (Phi) is 7.06. The van der Waals surface area contributed by atoms with E-state index in [1.54, 1.807) is 0 Å². The second-order valence-corrected chi connectivity index (χ2v) is 5.42. The van der Waals surface area contributed by atoms with E-state index >= 15 is 0 Å². The Morgan fingerprint density at radius 3 is 2.12 bits per heavy atom. The average molecular weight is 226 g/mol. The van der Waals surface area contributed by atoms with Crippen LogP contribution in [0, 0.1) is 0 Å². The zero-order valence-electron chi connectivity index (χ0n) is 11.3. The van der Waals surface area contributed by atoms with Crippen LogP contribution < -0.4 is 5.73 Å². The lowest BCUT2D eigenvalue weighted by atomic mass is 9.97. The summed E-state index contributed by atoms with van der Waals surface area (Å²) in [6.07, 6.45) is 10.9. The number of unbranched alkanes of at least 4 members (excludes halogenated alkanes) is 4. The highest BCUT2D eigenvalue weighted by molar-refractivity contribution is 4.79. The van der Waals surface area contributed by atoms with Gasteiger partial charge in [0, 0.05) is 12.1 Å². The van der Waals surface area contributed by atoms with E-state index in [2.05, 4.69) is 18.7 Å². The number of rotatable bonds is 7. The highest BCUT2D eigenvalue weighted by Crippen LogP contribution is 2.22. The van der Waals surface area contributed by atoms with Gasteiger partial charge in [-0.25, -0.2) is 0 Å². The molecule has 1 aliphatic heterocycles. The van der Waals surface area contributed by atoms with Gasteiger partial charge in [-0.05, 0) is 52.6 Å². The largest absolute Gasteiger partial charge is 0.330 e. The van der Waals surface area contributed by atoms with Crippen LogP contribution in [0.25, 0.3) is 0 Å². The van der Waals surface area contributed by atoms with Gasteiger partial charge < -0.3 is 5.73 Å². The molecule has 16 heavy (non-hydrogen) atoms. The number of hydrogen-bond acceptors (Lipinski definition) is 2. The number of nitrogens with zero attached hydrogens (tertiary/aromatic N) is 1. The third-order valence-electron chi connectivity index (χ3n) is 4.00. The molecule has 2 nitrogen and oxygen atoms in total. The first-order valence-corrected chi connectivity index (χ1v) is 7.21. The van der Waals surface area contributed by atoms with E-state index in [9.17, 15) is 0 Å². The molecule has 1 heterocycles. The minimum Gasteiger partial charge on any atom is -0.330 e. The fourth-order valence-corrected chi connectivity index (χ4v) is 2.88. The molecule has 2 unspecified atom stereocenters. The first-order valence-electron chi connectivity index (χ1n) is 7.21. The Hall–Kier alpha value is -0.0800. The van der Waals surface area contributed by atoms with Crippen molar-refractivity contribution in [3.63, 3.8) is 0 Å². The lowest BCUT2D eigenvalue weighted by Gasteiger charge is -2.39. The van der Waals surface area contributed by atoms with Crippen molar-refractivity contribution in [2.24, 2.45) is 5.73 Å². The molecule has 0 radical (unpaired) electrons. The quantitative estimate of drug-likeness (QED) is 0.676. The van der Waals surface area contributed by atoms with Crippen molar-refractivity contribution >= 4 is 0 Å². The topological polar surface area (TPSA) is 29.3 Å². The molecule has 2 heteroatoms. The molecule has 1 rings (SSSR count). The summed E-state index contributed by atoms with van der Waals surface area (Å²) in [7, 11) is 0. The van der Waals surface area contributed by atoms with Crippen LogP contribution >= 0.6 is 0 Å².